The fourth-order valence-electron chi connectivity index (χ4n) is 2.99. The molecule has 0 saturated carbocycles. The minimum atomic E-state index is -3.23. The first-order valence-electron chi connectivity index (χ1n) is 8.27. The highest BCUT2D eigenvalue weighted by Crippen LogP contribution is 2.22. The van der Waals surface area contributed by atoms with Gasteiger partial charge >= 0.3 is 5.97 Å². The third-order valence-electron chi connectivity index (χ3n) is 4.40. The molecule has 1 aromatic carbocycles. The van der Waals surface area contributed by atoms with Crippen LogP contribution in [0, 0.1) is 5.92 Å². The van der Waals surface area contributed by atoms with Gasteiger partial charge in [-0.15, -0.1) is 0 Å². The van der Waals surface area contributed by atoms with Crippen molar-refractivity contribution in [3.8, 4) is 0 Å². The first kappa shape index (κ1) is 19.4. The van der Waals surface area contributed by atoms with Crippen LogP contribution in [0.4, 0.5) is 0 Å². The molecule has 7 nitrogen and oxygen atoms in total. The molecule has 0 aliphatic carbocycles. The predicted molar refractivity (Wildman–Crippen MR) is 93.3 cm³/mol. The summed E-state index contributed by atoms with van der Waals surface area (Å²) >= 11 is 0. The Morgan fingerprint density at radius 2 is 1.80 bits per heavy atom. The van der Waals surface area contributed by atoms with Crippen LogP contribution in [0.3, 0.4) is 0 Å². The molecule has 1 fully saturated rings. The van der Waals surface area contributed by atoms with Crippen LogP contribution in [0.15, 0.2) is 30.3 Å². The summed E-state index contributed by atoms with van der Waals surface area (Å²) < 4.78 is 24.5. The van der Waals surface area contributed by atoms with Gasteiger partial charge in [-0.2, -0.15) is 0 Å². The average molecular weight is 368 g/mol. The molecule has 1 N–H and O–H groups in total. The lowest BCUT2D eigenvalue weighted by Gasteiger charge is -2.33. The van der Waals surface area contributed by atoms with E-state index in [1.807, 2.05) is 30.3 Å². The highest BCUT2D eigenvalue weighted by molar-refractivity contribution is 7.88. The van der Waals surface area contributed by atoms with Gasteiger partial charge in [0.1, 0.15) is 0 Å². The molecular formula is C17H24N2O5S. The molecule has 0 radical (unpaired) electrons. The third-order valence-corrected chi connectivity index (χ3v) is 5.70. The van der Waals surface area contributed by atoms with Gasteiger partial charge in [-0.25, -0.2) is 12.7 Å². The Morgan fingerprint density at radius 1 is 1.20 bits per heavy atom. The lowest BCUT2D eigenvalue weighted by atomic mass is 9.96. The van der Waals surface area contributed by atoms with E-state index in [1.165, 1.54) is 10.6 Å². The van der Waals surface area contributed by atoms with Crippen molar-refractivity contribution in [2.75, 3.05) is 25.9 Å². The summed E-state index contributed by atoms with van der Waals surface area (Å²) in [5.74, 6) is -1.31. The molecule has 1 saturated heterocycles. The van der Waals surface area contributed by atoms with Crippen LogP contribution in [0.25, 0.3) is 0 Å². The lowest BCUT2D eigenvalue weighted by Crippen LogP contribution is -2.44. The smallest absolute Gasteiger partial charge is 0.305 e. The number of rotatable bonds is 7. The summed E-state index contributed by atoms with van der Waals surface area (Å²) in [5.41, 5.74) is 0.940. The maximum Gasteiger partial charge on any atom is 0.305 e. The minimum absolute atomic E-state index is 0.0988. The van der Waals surface area contributed by atoms with Gasteiger partial charge in [0.05, 0.1) is 12.7 Å². The fourth-order valence-corrected chi connectivity index (χ4v) is 3.87. The van der Waals surface area contributed by atoms with E-state index >= 15 is 0 Å². The number of nitrogens with zero attached hydrogens (tertiary/aromatic N) is 2. The molecule has 8 heteroatoms. The van der Waals surface area contributed by atoms with Crippen molar-refractivity contribution in [3.63, 3.8) is 0 Å². The summed E-state index contributed by atoms with van der Waals surface area (Å²) in [6, 6.07) is 9.42. The van der Waals surface area contributed by atoms with Crippen LogP contribution in [-0.2, 0) is 26.2 Å². The van der Waals surface area contributed by atoms with Crippen molar-refractivity contribution in [2.24, 2.45) is 5.92 Å². The number of benzene rings is 1. The van der Waals surface area contributed by atoms with Gasteiger partial charge in [0.25, 0.3) is 0 Å². The van der Waals surface area contributed by atoms with E-state index in [0.717, 1.165) is 5.56 Å². The van der Waals surface area contributed by atoms with Crippen molar-refractivity contribution in [2.45, 2.75) is 25.8 Å². The number of hydrogen-bond acceptors (Lipinski definition) is 4. The molecule has 0 atom stereocenters. The second-order valence-electron chi connectivity index (χ2n) is 6.33. The third kappa shape index (κ3) is 5.82. The number of sulfonamides is 1. The molecule has 1 aliphatic heterocycles. The van der Waals surface area contributed by atoms with Crippen molar-refractivity contribution in [3.05, 3.63) is 35.9 Å². The zero-order chi connectivity index (χ0) is 18.4. The number of carboxylic acid groups (broad SMARTS) is 1. The summed E-state index contributed by atoms with van der Waals surface area (Å²) in [6.07, 6.45) is 1.99. The van der Waals surface area contributed by atoms with Gasteiger partial charge in [-0.3, -0.25) is 9.59 Å². The SMILES string of the molecule is CS(=O)(=O)N1CCC(C(=O)N(CCC(=O)O)Cc2ccccc2)CC1. The summed E-state index contributed by atoms with van der Waals surface area (Å²) in [5, 5.41) is 8.93. The average Bonchev–Trinajstić information content (AvgIpc) is 2.58. The molecule has 25 heavy (non-hydrogen) atoms. The number of carboxylic acids is 1. The molecule has 0 bridgehead atoms. The molecule has 138 valence electrons. The minimum Gasteiger partial charge on any atom is -0.481 e. The van der Waals surface area contributed by atoms with Crippen molar-refractivity contribution in [1.82, 2.24) is 9.21 Å². The highest BCUT2D eigenvalue weighted by Gasteiger charge is 2.31. The van der Waals surface area contributed by atoms with Crippen LogP contribution in [0.5, 0.6) is 0 Å². The molecule has 1 aliphatic rings. The van der Waals surface area contributed by atoms with E-state index in [1.54, 1.807) is 4.90 Å². The highest BCUT2D eigenvalue weighted by atomic mass is 32.2. The first-order chi connectivity index (χ1) is 11.8. The van der Waals surface area contributed by atoms with Crippen molar-refractivity contribution in [1.29, 1.82) is 0 Å². The second kappa shape index (κ2) is 8.44. The van der Waals surface area contributed by atoms with E-state index in [4.69, 9.17) is 5.11 Å². The first-order valence-corrected chi connectivity index (χ1v) is 10.1. The molecule has 0 aromatic heterocycles. The largest absolute Gasteiger partial charge is 0.481 e. The number of carbonyl (C=O) groups is 2. The van der Waals surface area contributed by atoms with Gasteiger partial charge in [0.2, 0.25) is 15.9 Å². The monoisotopic (exact) mass is 368 g/mol. The zero-order valence-electron chi connectivity index (χ0n) is 14.3. The Labute approximate surface area is 148 Å². The van der Waals surface area contributed by atoms with E-state index in [2.05, 4.69) is 0 Å². The van der Waals surface area contributed by atoms with E-state index in [-0.39, 0.29) is 24.8 Å². The molecular weight excluding hydrogens is 344 g/mol. The molecule has 1 amide bonds. The summed E-state index contributed by atoms with van der Waals surface area (Å²) in [7, 11) is -3.23. The van der Waals surface area contributed by atoms with E-state index in [0.29, 0.717) is 32.5 Å². The number of aliphatic carboxylic acids is 1. The summed E-state index contributed by atoms with van der Waals surface area (Å²) in [6.45, 7) is 1.16. The molecule has 0 unspecified atom stereocenters. The van der Waals surface area contributed by atoms with E-state index < -0.39 is 16.0 Å². The van der Waals surface area contributed by atoms with Gasteiger partial charge in [-0.05, 0) is 18.4 Å². The number of piperidine rings is 1. The number of amides is 1. The van der Waals surface area contributed by atoms with Crippen molar-refractivity contribution < 1.29 is 23.1 Å². The standard InChI is InChI=1S/C17H24N2O5S/c1-25(23,24)19-11-7-15(8-12-19)17(22)18(10-9-16(20)21)13-14-5-3-2-4-6-14/h2-6,15H,7-13H2,1H3,(H,20,21). The number of hydrogen-bond donors (Lipinski definition) is 1. The molecule has 0 spiro atoms. The summed E-state index contributed by atoms with van der Waals surface area (Å²) in [4.78, 5) is 25.3. The quantitative estimate of drug-likeness (QED) is 0.779. The van der Waals surface area contributed by atoms with Crippen LogP contribution in [0.1, 0.15) is 24.8 Å². The second-order valence-corrected chi connectivity index (χ2v) is 8.31. The van der Waals surface area contributed by atoms with Crippen LogP contribution in [0.2, 0.25) is 0 Å². The van der Waals surface area contributed by atoms with Crippen LogP contribution in [-0.4, -0.2) is 60.5 Å². The number of carbonyl (C=O) groups excluding carboxylic acids is 1. The van der Waals surface area contributed by atoms with Gasteiger partial charge in [0, 0.05) is 32.1 Å². The van der Waals surface area contributed by atoms with Crippen LogP contribution < -0.4 is 0 Å². The Morgan fingerprint density at radius 3 is 2.32 bits per heavy atom. The van der Waals surface area contributed by atoms with E-state index in [9.17, 15) is 18.0 Å². The maximum absolute atomic E-state index is 12.8. The molecule has 2 rings (SSSR count). The Hall–Kier alpha value is -1.93. The topological polar surface area (TPSA) is 95.0 Å². The Bertz CT molecular complexity index is 697. The van der Waals surface area contributed by atoms with Gasteiger partial charge in [-0.1, -0.05) is 30.3 Å². The molecule has 1 heterocycles. The van der Waals surface area contributed by atoms with Gasteiger partial charge in [0.15, 0.2) is 0 Å². The molecule has 1 aromatic rings. The van der Waals surface area contributed by atoms with Gasteiger partial charge < -0.3 is 10.0 Å². The lowest BCUT2D eigenvalue weighted by molar-refractivity contribution is -0.140. The zero-order valence-corrected chi connectivity index (χ0v) is 15.1. The predicted octanol–water partition coefficient (Wildman–Crippen LogP) is 1.16. The van der Waals surface area contributed by atoms with Crippen molar-refractivity contribution >= 4 is 21.9 Å². The maximum atomic E-state index is 12.8. The van der Waals surface area contributed by atoms with Crippen LogP contribution >= 0.6 is 0 Å². The fraction of sp³-hybridized carbons (Fsp3) is 0.529. The Balaban J connectivity index is 2.03. The normalized spacial score (nSPS) is 16.5. The Kier molecular flexibility index (Phi) is 6.55.